The summed E-state index contributed by atoms with van der Waals surface area (Å²) in [5.74, 6) is 0.719. The molecule has 0 aliphatic rings. The average Bonchev–Trinajstić information content (AvgIpc) is 2.86. The summed E-state index contributed by atoms with van der Waals surface area (Å²) < 4.78 is 32.0. The van der Waals surface area contributed by atoms with Crippen LogP contribution in [-0.4, -0.2) is 15.0 Å². The van der Waals surface area contributed by atoms with Crippen LogP contribution in [0.1, 0.15) is 6.92 Å². The van der Waals surface area contributed by atoms with Crippen LogP contribution in [0.25, 0.3) is 0 Å². The standard InChI is InChI=1S/C12H13NO3S2/c1-2-16-11-7-5-10(6-8-11)13-18(14,15)12-4-3-9-17-12/h3-9,13H,2H2,1H3. The molecule has 1 N–H and O–H groups in total. The molecule has 1 aromatic heterocycles. The number of hydrogen-bond acceptors (Lipinski definition) is 4. The second-order valence-electron chi connectivity index (χ2n) is 3.49. The summed E-state index contributed by atoms with van der Waals surface area (Å²) in [5.41, 5.74) is 0.520. The Labute approximate surface area is 110 Å². The Hall–Kier alpha value is -1.53. The number of rotatable bonds is 5. The first kappa shape index (κ1) is 12.9. The third-order valence-electron chi connectivity index (χ3n) is 2.18. The van der Waals surface area contributed by atoms with Crippen molar-refractivity contribution in [2.75, 3.05) is 11.3 Å². The van der Waals surface area contributed by atoms with Crippen molar-refractivity contribution in [1.82, 2.24) is 0 Å². The zero-order chi connectivity index (χ0) is 13.0. The van der Waals surface area contributed by atoms with Gasteiger partial charge in [-0.15, -0.1) is 11.3 Å². The van der Waals surface area contributed by atoms with E-state index in [0.29, 0.717) is 16.5 Å². The molecule has 0 atom stereocenters. The lowest BCUT2D eigenvalue weighted by Crippen LogP contribution is -2.11. The maximum absolute atomic E-state index is 11.9. The third kappa shape index (κ3) is 3.02. The number of hydrogen-bond donors (Lipinski definition) is 1. The molecule has 4 nitrogen and oxygen atoms in total. The number of thiophene rings is 1. The quantitative estimate of drug-likeness (QED) is 0.918. The molecule has 0 fully saturated rings. The lowest BCUT2D eigenvalue weighted by Gasteiger charge is -2.07. The fourth-order valence-electron chi connectivity index (χ4n) is 1.41. The molecular formula is C12H13NO3S2. The highest BCUT2D eigenvalue weighted by atomic mass is 32.2. The summed E-state index contributed by atoms with van der Waals surface area (Å²) in [6.07, 6.45) is 0. The lowest BCUT2D eigenvalue weighted by molar-refractivity contribution is 0.340. The molecule has 0 amide bonds. The SMILES string of the molecule is CCOc1ccc(NS(=O)(=O)c2cccs2)cc1. The molecule has 0 bridgehead atoms. The highest BCUT2D eigenvalue weighted by Crippen LogP contribution is 2.21. The van der Waals surface area contributed by atoms with Crippen LogP contribution in [0.3, 0.4) is 0 Å². The minimum absolute atomic E-state index is 0.302. The second kappa shape index (κ2) is 5.41. The highest BCUT2D eigenvalue weighted by molar-refractivity contribution is 7.94. The van der Waals surface area contributed by atoms with Gasteiger partial charge in [-0.1, -0.05) is 6.07 Å². The minimum Gasteiger partial charge on any atom is -0.494 e. The molecule has 6 heteroatoms. The molecule has 0 aliphatic carbocycles. The molecule has 1 heterocycles. The van der Waals surface area contributed by atoms with Crippen molar-refractivity contribution in [1.29, 1.82) is 0 Å². The van der Waals surface area contributed by atoms with E-state index in [2.05, 4.69) is 4.72 Å². The van der Waals surface area contributed by atoms with Crippen molar-refractivity contribution in [2.45, 2.75) is 11.1 Å². The van der Waals surface area contributed by atoms with E-state index in [1.165, 1.54) is 11.3 Å². The van der Waals surface area contributed by atoms with E-state index in [1.54, 1.807) is 41.8 Å². The van der Waals surface area contributed by atoms with E-state index in [4.69, 9.17) is 4.74 Å². The van der Waals surface area contributed by atoms with Crippen molar-refractivity contribution in [3.63, 3.8) is 0 Å². The number of ether oxygens (including phenoxy) is 1. The number of nitrogens with one attached hydrogen (secondary N) is 1. The molecule has 0 aliphatic heterocycles. The van der Waals surface area contributed by atoms with Gasteiger partial charge in [0, 0.05) is 5.69 Å². The Bertz CT molecular complexity index is 589. The van der Waals surface area contributed by atoms with Gasteiger partial charge < -0.3 is 4.74 Å². The predicted octanol–water partition coefficient (Wildman–Crippen LogP) is 2.95. The Morgan fingerprint density at radius 3 is 2.50 bits per heavy atom. The summed E-state index contributed by atoms with van der Waals surface area (Å²) in [5, 5.41) is 1.73. The number of sulfonamides is 1. The first-order chi connectivity index (χ1) is 8.62. The predicted molar refractivity (Wildman–Crippen MR) is 72.7 cm³/mol. The van der Waals surface area contributed by atoms with E-state index in [9.17, 15) is 8.42 Å². The fourth-order valence-corrected chi connectivity index (χ4v) is 3.46. The van der Waals surface area contributed by atoms with Gasteiger partial charge in [0.15, 0.2) is 0 Å². The molecule has 0 radical (unpaired) electrons. The maximum Gasteiger partial charge on any atom is 0.271 e. The lowest BCUT2D eigenvalue weighted by atomic mass is 10.3. The van der Waals surface area contributed by atoms with Gasteiger partial charge in [-0.25, -0.2) is 8.42 Å². The Morgan fingerprint density at radius 2 is 1.94 bits per heavy atom. The van der Waals surface area contributed by atoms with Crippen LogP contribution < -0.4 is 9.46 Å². The van der Waals surface area contributed by atoms with Crippen LogP contribution in [-0.2, 0) is 10.0 Å². The fraction of sp³-hybridized carbons (Fsp3) is 0.167. The molecule has 0 spiro atoms. The molecule has 2 rings (SSSR count). The first-order valence-electron chi connectivity index (χ1n) is 5.41. The van der Waals surface area contributed by atoms with E-state index in [-0.39, 0.29) is 0 Å². The van der Waals surface area contributed by atoms with Crippen molar-refractivity contribution >= 4 is 27.0 Å². The van der Waals surface area contributed by atoms with Crippen LogP contribution in [0, 0.1) is 0 Å². The van der Waals surface area contributed by atoms with Crippen LogP contribution >= 0.6 is 11.3 Å². The van der Waals surface area contributed by atoms with Crippen LogP contribution in [0.4, 0.5) is 5.69 Å². The van der Waals surface area contributed by atoms with Gasteiger partial charge in [0.2, 0.25) is 0 Å². The molecular weight excluding hydrogens is 270 g/mol. The van der Waals surface area contributed by atoms with Crippen molar-refractivity contribution in [2.24, 2.45) is 0 Å². The van der Waals surface area contributed by atoms with Crippen LogP contribution in [0.5, 0.6) is 5.75 Å². The van der Waals surface area contributed by atoms with Crippen molar-refractivity contribution in [3.8, 4) is 5.75 Å². The average molecular weight is 283 g/mol. The molecule has 2 aromatic rings. The smallest absolute Gasteiger partial charge is 0.271 e. The zero-order valence-corrected chi connectivity index (χ0v) is 11.4. The normalized spacial score (nSPS) is 11.2. The Kier molecular flexibility index (Phi) is 3.88. The summed E-state index contributed by atoms with van der Waals surface area (Å²) in [6.45, 7) is 2.48. The van der Waals surface area contributed by atoms with Gasteiger partial charge in [-0.2, -0.15) is 0 Å². The van der Waals surface area contributed by atoms with Gasteiger partial charge in [-0.05, 0) is 42.6 Å². The Morgan fingerprint density at radius 1 is 1.22 bits per heavy atom. The molecule has 0 unspecified atom stereocenters. The summed E-state index contributed by atoms with van der Waals surface area (Å²) in [6, 6.07) is 10.1. The van der Waals surface area contributed by atoms with Crippen LogP contribution in [0.2, 0.25) is 0 Å². The van der Waals surface area contributed by atoms with Gasteiger partial charge in [0.05, 0.1) is 6.61 Å². The topological polar surface area (TPSA) is 55.4 Å². The molecule has 1 aromatic carbocycles. The summed E-state index contributed by atoms with van der Waals surface area (Å²) >= 11 is 1.19. The van der Waals surface area contributed by atoms with Crippen molar-refractivity contribution in [3.05, 3.63) is 41.8 Å². The molecule has 18 heavy (non-hydrogen) atoms. The van der Waals surface area contributed by atoms with Crippen LogP contribution in [0.15, 0.2) is 46.0 Å². The third-order valence-corrected chi connectivity index (χ3v) is 4.96. The molecule has 96 valence electrons. The monoisotopic (exact) mass is 283 g/mol. The van der Waals surface area contributed by atoms with E-state index < -0.39 is 10.0 Å². The number of anilines is 1. The summed E-state index contributed by atoms with van der Waals surface area (Å²) in [4.78, 5) is 0. The first-order valence-corrected chi connectivity index (χ1v) is 7.77. The minimum atomic E-state index is -3.47. The van der Waals surface area contributed by atoms with Gasteiger partial charge in [-0.3, -0.25) is 4.72 Å². The molecule has 0 saturated heterocycles. The van der Waals surface area contributed by atoms with E-state index in [0.717, 1.165) is 5.75 Å². The van der Waals surface area contributed by atoms with Crippen molar-refractivity contribution < 1.29 is 13.2 Å². The van der Waals surface area contributed by atoms with Gasteiger partial charge in [0.1, 0.15) is 9.96 Å². The molecule has 0 saturated carbocycles. The van der Waals surface area contributed by atoms with Gasteiger partial charge >= 0.3 is 0 Å². The highest BCUT2D eigenvalue weighted by Gasteiger charge is 2.14. The second-order valence-corrected chi connectivity index (χ2v) is 6.35. The number of benzene rings is 1. The summed E-state index contributed by atoms with van der Waals surface area (Å²) in [7, 11) is -3.47. The zero-order valence-electron chi connectivity index (χ0n) is 9.79. The van der Waals surface area contributed by atoms with E-state index >= 15 is 0 Å². The Balaban J connectivity index is 2.14. The van der Waals surface area contributed by atoms with E-state index in [1.807, 2.05) is 6.92 Å². The largest absolute Gasteiger partial charge is 0.494 e. The maximum atomic E-state index is 11.9. The van der Waals surface area contributed by atoms with Gasteiger partial charge in [0.25, 0.3) is 10.0 Å².